The molecule has 0 radical (unpaired) electrons. The van der Waals surface area contributed by atoms with E-state index in [-0.39, 0.29) is 12.4 Å². The Labute approximate surface area is 113 Å². The number of benzene rings is 2. The van der Waals surface area contributed by atoms with Crippen LogP contribution in [0.15, 0.2) is 53.0 Å². The van der Waals surface area contributed by atoms with Crippen molar-refractivity contribution in [2.45, 2.75) is 6.10 Å². The van der Waals surface area contributed by atoms with Gasteiger partial charge in [0.1, 0.15) is 12.7 Å². The lowest BCUT2D eigenvalue weighted by atomic mass is 10.1. The zero-order chi connectivity index (χ0) is 13.0. The number of rotatable bonds is 4. The van der Waals surface area contributed by atoms with Gasteiger partial charge in [-0.1, -0.05) is 40.2 Å². The first-order valence-electron chi connectivity index (χ1n) is 5.47. The highest BCUT2D eigenvalue weighted by atomic mass is 79.9. The van der Waals surface area contributed by atoms with E-state index in [1.807, 2.05) is 12.1 Å². The molecule has 0 saturated carbocycles. The highest BCUT2D eigenvalue weighted by Crippen LogP contribution is 2.20. The first-order chi connectivity index (χ1) is 8.66. The predicted octanol–water partition coefficient (Wildman–Crippen LogP) is 3.70. The van der Waals surface area contributed by atoms with Crippen molar-refractivity contribution in [2.75, 3.05) is 6.61 Å². The van der Waals surface area contributed by atoms with Crippen LogP contribution in [0.5, 0.6) is 5.75 Å². The number of aliphatic hydroxyl groups excluding tert-OH is 1. The minimum Gasteiger partial charge on any atom is -0.487 e. The Hall–Kier alpha value is -1.39. The molecule has 0 aliphatic heterocycles. The molecule has 1 N–H and O–H groups in total. The Morgan fingerprint density at radius 2 is 1.78 bits per heavy atom. The molecule has 0 bridgehead atoms. The lowest BCUT2D eigenvalue weighted by Gasteiger charge is -2.13. The van der Waals surface area contributed by atoms with Gasteiger partial charge >= 0.3 is 0 Å². The zero-order valence-corrected chi connectivity index (χ0v) is 11.1. The highest BCUT2D eigenvalue weighted by Gasteiger charge is 2.09. The van der Waals surface area contributed by atoms with Crippen molar-refractivity contribution in [3.63, 3.8) is 0 Å². The Morgan fingerprint density at radius 1 is 1.11 bits per heavy atom. The molecule has 2 aromatic rings. The molecular formula is C14H12BrFO2. The van der Waals surface area contributed by atoms with Crippen LogP contribution in [-0.2, 0) is 0 Å². The summed E-state index contributed by atoms with van der Waals surface area (Å²) in [7, 11) is 0. The number of aliphatic hydroxyl groups is 1. The van der Waals surface area contributed by atoms with Crippen LogP contribution in [-0.4, -0.2) is 11.7 Å². The van der Waals surface area contributed by atoms with Gasteiger partial charge in [-0.15, -0.1) is 0 Å². The van der Waals surface area contributed by atoms with Crippen molar-refractivity contribution in [3.05, 3.63) is 64.4 Å². The van der Waals surface area contributed by atoms with Crippen LogP contribution in [0, 0.1) is 5.82 Å². The van der Waals surface area contributed by atoms with Gasteiger partial charge in [0.25, 0.3) is 0 Å². The molecular weight excluding hydrogens is 299 g/mol. The molecule has 94 valence electrons. The molecule has 18 heavy (non-hydrogen) atoms. The number of ether oxygens (including phenoxy) is 1. The normalized spacial score (nSPS) is 12.2. The lowest BCUT2D eigenvalue weighted by molar-refractivity contribution is 0.106. The second-order valence-electron chi connectivity index (χ2n) is 3.81. The number of hydrogen-bond donors (Lipinski definition) is 1. The fourth-order valence-corrected chi connectivity index (χ4v) is 1.78. The summed E-state index contributed by atoms with van der Waals surface area (Å²) < 4.78 is 19.5. The van der Waals surface area contributed by atoms with Gasteiger partial charge in [-0.25, -0.2) is 4.39 Å². The lowest BCUT2D eigenvalue weighted by Crippen LogP contribution is -2.10. The van der Waals surface area contributed by atoms with E-state index in [0.29, 0.717) is 0 Å². The van der Waals surface area contributed by atoms with Crippen LogP contribution < -0.4 is 4.74 Å². The maximum atomic E-state index is 13.3. The van der Waals surface area contributed by atoms with Gasteiger partial charge < -0.3 is 9.84 Å². The molecule has 1 atom stereocenters. The Morgan fingerprint density at radius 3 is 2.44 bits per heavy atom. The fourth-order valence-electron chi connectivity index (χ4n) is 1.51. The number of hydrogen-bond acceptors (Lipinski definition) is 2. The summed E-state index contributed by atoms with van der Waals surface area (Å²) in [5, 5.41) is 9.90. The maximum absolute atomic E-state index is 13.3. The van der Waals surface area contributed by atoms with Crippen molar-refractivity contribution in [3.8, 4) is 5.75 Å². The van der Waals surface area contributed by atoms with Crippen LogP contribution in [0.2, 0.25) is 0 Å². The summed E-state index contributed by atoms with van der Waals surface area (Å²) in [5.41, 5.74) is 0.731. The van der Waals surface area contributed by atoms with Gasteiger partial charge in [-0.2, -0.15) is 0 Å². The fraction of sp³-hybridized carbons (Fsp3) is 0.143. The molecule has 4 heteroatoms. The van der Waals surface area contributed by atoms with Crippen LogP contribution in [0.4, 0.5) is 4.39 Å². The molecule has 2 rings (SSSR count). The summed E-state index contributed by atoms with van der Waals surface area (Å²) in [6.45, 7) is 0.0164. The van der Waals surface area contributed by atoms with Gasteiger partial charge in [0.2, 0.25) is 0 Å². The third-order valence-electron chi connectivity index (χ3n) is 2.49. The van der Waals surface area contributed by atoms with Gasteiger partial charge in [-0.05, 0) is 29.8 Å². The molecule has 2 nitrogen and oxygen atoms in total. The minimum absolute atomic E-state index is 0.0164. The Balaban J connectivity index is 1.98. The second kappa shape index (κ2) is 5.98. The average Bonchev–Trinajstić information content (AvgIpc) is 2.38. The smallest absolute Gasteiger partial charge is 0.165 e. The summed E-state index contributed by atoms with van der Waals surface area (Å²) in [6.07, 6.45) is -0.780. The molecule has 0 aliphatic carbocycles. The quantitative estimate of drug-likeness (QED) is 0.933. The Bertz CT molecular complexity index is 513. The third kappa shape index (κ3) is 3.31. The first kappa shape index (κ1) is 13.1. The Kier molecular flexibility index (Phi) is 4.33. The highest BCUT2D eigenvalue weighted by molar-refractivity contribution is 9.10. The van der Waals surface area contributed by atoms with E-state index in [1.165, 1.54) is 12.1 Å². The van der Waals surface area contributed by atoms with E-state index < -0.39 is 11.9 Å². The van der Waals surface area contributed by atoms with E-state index in [9.17, 15) is 9.50 Å². The molecule has 0 heterocycles. The molecule has 0 aliphatic rings. The van der Waals surface area contributed by atoms with Gasteiger partial charge in [0.05, 0.1) is 0 Å². The summed E-state index contributed by atoms with van der Waals surface area (Å²) >= 11 is 3.32. The molecule has 0 fully saturated rings. The van der Waals surface area contributed by atoms with Crippen molar-refractivity contribution < 1.29 is 14.2 Å². The van der Waals surface area contributed by atoms with Crippen LogP contribution in [0.3, 0.4) is 0 Å². The first-order valence-corrected chi connectivity index (χ1v) is 6.27. The number of para-hydroxylation sites is 1. The van der Waals surface area contributed by atoms with E-state index >= 15 is 0 Å². The largest absolute Gasteiger partial charge is 0.487 e. The van der Waals surface area contributed by atoms with Gasteiger partial charge in [0.15, 0.2) is 11.6 Å². The SMILES string of the molecule is OC(COc1ccccc1F)c1ccc(Br)cc1. The molecule has 0 aromatic heterocycles. The predicted molar refractivity (Wildman–Crippen MR) is 71.0 cm³/mol. The average molecular weight is 311 g/mol. The summed E-state index contributed by atoms with van der Waals surface area (Å²) in [6, 6.07) is 13.4. The van der Waals surface area contributed by atoms with Crippen molar-refractivity contribution in [1.82, 2.24) is 0 Å². The van der Waals surface area contributed by atoms with Crippen molar-refractivity contribution in [2.24, 2.45) is 0 Å². The topological polar surface area (TPSA) is 29.5 Å². The minimum atomic E-state index is -0.780. The van der Waals surface area contributed by atoms with Crippen LogP contribution >= 0.6 is 15.9 Å². The van der Waals surface area contributed by atoms with Crippen LogP contribution in [0.25, 0.3) is 0 Å². The van der Waals surface area contributed by atoms with Crippen molar-refractivity contribution in [1.29, 1.82) is 0 Å². The van der Waals surface area contributed by atoms with E-state index in [2.05, 4.69) is 15.9 Å². The van der Waals surface area contributed by atoms with E-state index in [1.54, 1.807) is 24.3 Å². The molecule has 0 spiro atoms. The molecule has 2 aromatic carbocycles. The maximum Gasteiger partial charge on any atom is 0.165 e. The summed E-state index contributed by atoms with van der Waals surface area (Å²) in [4.78, 5) is 0. The second-order valence-corrected chi connectivity index (χ2v) is 4.72. The monoisotopic (exact) mass is 310 g/mol. The van der Waals surface area contributed by atoms with Gasteiger partial charge in [0, 0.05) is 4.47 Å². The van der Waals surface area contributed by atoms with Crippen molar-refractivity contribution >= 4 is 15.9 Å². The van der Waals surface area contributed by atoms with Gasteiger partial charge in [-0.3, -0.25) is 0 Å². The molecule has 1 unspecified atom stereocenters. The summed E-state index contributed by atoms with van der Waals surface area (Å²) in [5.74, 6) is -0.283. The zero-order valence-electron chi connectivity index (χ0n) is 9.51. The van der Waals surface area contributed by atoms with E-state index in [0.717, 1.165) is 10.0 Å². The van der Waals surface area contributed by atoms with E-state index in [4.69, 9.17) is 4.74 Å². The standard InChI is InChI=1S/C14H12BrFO2/c15-11-7-5-10(6-8-11)13(17)9-18-14-4-2-1-3-12(14)16/h1-8,13,17H,9H2. The number of halogens is 2. The molecule has 0 saturated heterocycles. The third-order valence-corrected chi connectivity index (χ3v) is 3.02. The molecule has 0 amide bonds. The van der Waals surface area contributed by atoms with Crippen LogP contribution in [0.1, 0.15) is 11.7 Å².